The van der Waals surface area contributed by atoms with Crippen LogP contribution in [0.25, 0.3) is 0 Å². The first-order valence-electron chi connectivity index (χ1n) is 7.50. The van der Waals surface area contributed by atoms with Crippen LogP contribution in [0.4, 0.5) is 0 Å². The topological polar surface area (TPSA) is 57.6 Å². The van der Waals surface area contributed by atoms with E-state index in [0.717, 1.165) is 12.8 Å². The van der Waals surface area contributed by atoms with E-state index in [1.165, 1.54) is 0 Å². The smallest absolute Gasteiger partial charge is 0.307 e. The molecule has 0 saturated heterocycles. The Balaban J connectivity index is 2.12. The number of aliphatic carboxylic acids is 1. The predicted molar refractivity (Wildman–Crippen MR) is 77.0 cm³/mol. The highest BCUT2D eigenvalue weighted by atomic mass is 16.4. The zero-order valence-corrected chi connectivity index (χ0v) is 12.7. The molecule has 2 rings (SSSR count). The molecule has 1 fully saturated rings. The molecular formula is C16H25NO3. The van der Waals surface area contributed by atoms with Gasteiger partial charge in [-0.2, -0.15) is 0 Å². The lowest BCUT2D eigenvalue weighted by Gasteiger charge is -2.32. The Labute approximate surface area is 120 Å². The Morgan fingerprint density at radius 2 is 1.75 bits per heavy atom. The van der Waals surface area contributed by atoms with Crippen LogP contribution in [0, 0.1) is 29.6 Å². The van der Waals surface area contributed by atoms with Gasteiger partial charge in [-0.3, -0.25) is 9.59 Å². The van der Waals surface area contributed by atoms with Gasteiger partial charge >= 0.3 is 5.97 Å². The van der Waals surface area contributed by atoms with Crippen molar-refractivity contribution >= 4 is 11.9 Å². The van der Waals surface area contributed by atoms with Crippen molar-refractivity contribution in [2.75, 3.05) is 7.05 Å². The van der Waals surface area contributed by atoms with E-state index in [2.05, 4.69) is 13.8 Å². The summed E-state index contributed by atoms with van der Waals surface area (Å²) in [7, 11) is 1.81. The number of amides is 1. The number of hydrogen-bond donors (Lipinski definition) is 1. The molecule has 0 aromatic heterocycles. The zero-order valence-electron chi connectivity index (χ0n) is 12.7. The second-order valence-electron chi connectivity index (χ2n) is 6.77. The van der Waals surface area contributed by atoms with Crippen molar-refractivity contribution in [2.45, 2.75) is 39.7 Å². The molecule has 0 aliphatic heterocycles. The lowest BCUT2D eigenvalue weighted by Crippen LogP contribution is -2.45. The van der Waals surface area contributed by atoms with Gasteiger partial charge in [-0.25, -0.2) is 0 Å². The molecule has 1 saturated carbocycles. The summed E-state index contributed by atoms with van der Waals surface area (Å²) in [6, 6.07) is 0.153. The van der Waals surface area contributed by atoms with Gasteiger partial charge in [0, 0.05) is 13.1 Å². The average molecular weight is 279 g/mol. The maximum absolute atomic E-state index is 12.7. The van der Waals surface area contributed by atoms with E-state index in [4.69, 9.17) is 0 Å². The summed E-state index contributed by atoms with van der Waals surface area (Å²) in [6.07, 6.45) is 5.77. The van der Waals surface area contributed by atoms with E-state index < -0.39 is 11.9 Å². The van der Waals surface area contributed by atoms with Crippen LogP contribution in [0.2, 0.25) is 0 Å². The SMILES string of the molecule is CC(C)CC(C)N(C)C(=O)C1C2C=CC(C2)C1C(=O)O. The van der Waals surface area contributed by atoms with E-state index in [9.17, 15) is 14.7 Å². The van der Waals surface area contributed by atoms with E-state index >= 15 is 0 Å². The monoisotopic (exact) mass is 279 g/mol. The molecule has 0 heterocycles. The number of fused-ring (bicyclic) bond motifs is 2. The molecule has 1 N–H and O–H groups in total. The highest BCUT2D eigenvalue weighted by molar-refractivity contribution is 5.87. The number of carboxylic acids is 1. The molecule has 0 radical (unpaired) electrons. The Kier molecular flexibility index (Phi) is 4.21. The molecule has 20 heavy (non-hydrogen) atoms. The number of carboxylic acid groups (broad SMARTS) is 1. The maximum atomic E-state index is 12.7. The molecular weight excluding hydrogens is 254 g/mol. The van der Waals surface area contributed by atoms with Crippen molar-refractivity contribution in [1.82, 2.24) is 4.90 Å². The number of hydrogen-bond acceptors (Lipinski definition) is 2. The summed E-state index contributed by atoms with van der Waals surface area (Å²) in [6.45, 7) is 6.31. The summed E-state index contributed by atoms with van der Waals surface area (Å²) in [5.74, 6) is -1.06. The van der Waals surface area contributed by atoms with Crippen LogP contribution in [0.3, 0.4) is 0 Å². The van der Waals surface area contributed by atoms with E-state index in [0.29, 0.717) is 5.92 Å². The highest BCUT2D eigenvalue weighted by Crippen LogP contribution is 2.48. The number of nitrogens with zero attached hydrogens (tertiary/aromatic N) is 1. The first-order chi connectivity index (χ1) is 9.32. The molecule has 5 unspecified atom stereocenters. The molecule has 2 bridgehead atoms. The predicted octanol–water partition coefficient (Wildman–Crippen LogP) is 2.40. The molecule has 2 aliphatic rings. The fraction of sp³-hybridized carbons (Fsp3) is 0.750. The third kappa shape index (κ3) is 2.60. The molecule has 112 valence electrons. The third-order valence-corrected chi connectivity index (χ3v) is 4.85. The first kappa shape index (κ1) is 15.1. The van der Waals surface area contributed by atoms with Crippen molar-refractivity contribution in [1.29, 1.82) is 0 Å². The molecule has 0 aromatic rings. The number of carbonyl (C=O) groups is 2. The third-order valence-electron chi connectivity index (χ3n) is 4.85. The van der Waals surface area contributed by atoms with E-state index in [1.54, 1.807) is 4.90 Å². The first-order valence-corrected chi connectivity index (χ1v) is 7.50. The van der Waals surface area contributed by atoms with Gasteiger partial charge < -0.3 is 10.0 Å². The Hall–Kier alpha value is -1.32. The van der Waals surface area contributed by atoms with Crippen LogP contribution in [0.1, 0.15) is 33.6 Å². The maximum Gasteiger partial charge on any atom is 0.307 e. The molecule has 2 aliphatic carbocycles. The minimum Gasteiger partial charge on any atom is -0.481 e. The second kappa shape index (κ2) is 5.58. The largest absolute Gasteiger partial charge is 0.481 e. The Bertz CT molecular complexity index is 429. The summed E-state index contributed by atoms with van der Waals surface area (Å²) < 4.78 is 0. The fourth-order valence-corrected chi connectivity index (χ4v) is 3.79. The van der Waals surface area contributed by atoms with Gasteiger partial charge in [0.2, 0.25) is 5.91 Å². The molecule has 0 spiro atoms. The summed E-state index contributed by atoms with van der Waals surface area (Å²) in [4.78, 5) is 25.9. The summed E-state index contributed by atoms with van der Waals surface area (Å²) >= 11 is 0. The zero-order chi connectivity index (χ0) is 15.0. The normalized spacial score (nSPS) is 32.6. The fourth-order valence-electron chi connectivity index (χ4n) is 3.79. The van der Waals surface area contributed by atoms with Gasteiger partial charge in [-0.1, -0.05) is 26.0 Å². The highest BCUT2D eigenvalue weighted by Gasteiger charge is 2.52. The van der Waals surface area contributed by atoms with Crippen molar-refractivity contribution in [3.63, 3.8) is 0 Å². The number of carbonyl (C=O) groups excluding carboxylic acids is 1. The van der Waals surface area contributed by atoms with Crippen LogP contribution < -0.4 is 0 Å². The van der Waals surface area contributed by atoms with Crippen LogP contribution in [-0.4, -0.2) is 35.0 Å². The van der Waals surface area contributed by atoms with Crippen LogP contribution in [0.5, 0.6) is 0 Å². The van der Waals surface area contributed by atoms with Crippen LogP contribution in [-0.2, 0) is 9.59 Å². The Morgan fingerprint density at radius 3 is 2.25 bits per heavy atom. The van der Waals surface area contributed by atoms with Gasteiger partial charge in [0.15, 0.2) is 0 Å². The van der Waals surface area contributed by atoms with Crippen molar-refractivity contribution in [3.8, 4) is 0 Å². The van der Waals surface area contributed by atoms with Crippen LogP contribution in [0.15, 0.2) is 12.2 Å². The van der Waals surface area contributed by atoms with Crippen molar-refractivity contribution in [2.24, 2.45) is 29.6 Å². The van der Waals surface area contributed by atoms with Crippen molar-refractivity contribution in [3.05, 3.63) is 12.2 Å². The molecule has 1 amide bonds. The van der Waals surface area contributed by atoms with Gasteiger partial charge in [-0.15, -0.1) is 0 Å². The average Bonchev–Trinajstić information content (AvgIpc) is 2.95. The summed E-state index contributed by atoms with van der Waals surface area (Å²) in [5.41, 5.74) is 0. The molecule has 0 aromatic carbocycles. The lowest BCUT2D eigenvalue weighted by molar-refractivity contribution is -0.151. The Morgan fingerprint density at radius 1 is 1.20 bits per heavy atom. The second-order valence-corrected chi connectivity index (χ2v) is 6.77. The lowest BCUT2D eigenvalue weighted by atomic mass is 9.82. The van der Waals surface area contributed by atoms with Gasteiger partial charge in [-0.05, 0) is 37.5 Å². The van der Waals surface area contributed by atoms with Crippen LogP contribution >= 0.6 is 0 Å². The van der Waals surface area contributed by atoms with Crippen molar-refractivity contribution < 1.29 is 14.7 Å². The molecule has 4 heteroatoms. The number of allylic oxidation sites excluding steroid dienone is 2. The van der Waals surface area contributed by atoms with E-state index in [1.807, 2.05) is 26.1 Å². The minimum absolute atomic E-state index is 0.00222. The van der Waals surface area contributed by atoms with E-state index in [-0.39, 0.29) is 29.7 Å². The minimum atomic E-state index is -0.829. The van der Waals surface area contributed by atoms with Gasteiger partial charge in [0.05, 0.1) is 11.8 Å². The molecule has 5 atom stereocenters. The quantitative estimate of drug-likeness (QED) is 0.786. The van der Waals surface area contributed by atoms with Gasteiger partial charge in [0.25, 0.3) is 0 Å². The molecule has 4 nitrogen and oxygen atoms in total. The summed E-state index contributed by atoms with van der Waals surface area (Å²) in [5, 5.41) is 9.42. The number of rotatable bonds is 5. The standard InChI is InChI=1S/C16H25NO3/c1-9(2)7-10(3)17(4)15(18)13-11-5-6-12(8-11)14(13)16(19)20/h5-6,9-14H,7-8H2,1-4H3,(H,19,20). The van der Waals surface area contributed by atoms with Gasteiger partial charge in [0.1, 0.15) is 0 Å².